The Hall–Kier alpha value is -1.54. The molecule has 1 aromatic heterocycles. The second-order valence-electron chi connectivity index (χ2n) is 3.55. The average Bonchev–Trinajstić information content (AvgIpc) is 2.57. The standard InChI is InChI=1S/C9H16N4O3S/c1-11-17(15,16)4-3-12-9(14)8-5-7(10)6-13(8)2/h5-6,11H,3-4,10H2,1-2H3,(H,12,14). The van der Waals surface area contributed by atoms with Crippen molar-refractivity contribution in [3.63, 3.8) is 0 Å². The Kier molecular flexibility index (Phi) is 4.13. The number of nitrogens with two attached hydrogens (primary N) is 1. The highest BCUT2D eigenvalue weighted by Crippen LogP contribution is 2.07. The Morgan fingerprint density at radius 1 is 1.53 bits per heavy atom. The van der Waals surface area contributed by atoms with Crippen molar-refractivity contribution in [2.45, 2.75) is 0 Å². The maximum atomic E-state index is 11.7. The number of sulfonamides is 1. The van der Waals surface area contributed by atoms with Crippen molar-refractivity contribution >= 4 is 21.6 Å². The molecular formula is C9H16N4O3S. The fourth-order valence-corrected chi connectivity index (χ4v) is 1.88. The second-order valence-corrected chi connectivity index (χ2v) is 5.59. The van der Waals surface area contributed by atoms with Gasteiger partial charge in [0, 0.05) is 19.8 Å². The lowest BCUT2D eigenvalue weighted by Crippen LogP contribution is -2.33. The molecular weight excluding hydrogens is 244 g/mol. The van der Waals surface area contributed by atoms with Gasteiger partial charge in [0.05, 0.1) is 11.4 Å². The molecule has 96 valence electrons. The van der Waals surface area contributed by atoms with E-state index in [1.165, 1.54) is 13.1 Å². The largest absolute Gasteiger partial charge is 0.397 e. The summed E-state index contributed by atoms with van der Waals surface area (Å²) in [5.41, 5.74) is 6.41. The van der Waals surface area contributed by atoms with E-state index in [0.717, 1.165) is 0 Å². The summed E-state index contributed by atoms with van der Waals surface area (Å²) in [6.45, 7) is 0.0487. The van der Waals surface area contributed by atoms with E-state index in [4.69, 9.17) is 5.73 Å². The van der Waals surface area contributed by atoms with E-state index < -0.39 is 10.0 Å². The van der Waals surface area contributed by atoms with Gasteiger partial charge >= 0.3 is 0 Å². The molecule has 0 fully saturated rings. The van der Waals surface area contributed by atoms with Gasteiger partial charge in [0.2, 0.25) is 10.0 Å². The average molecular weight is 260 g/mol. The van der Waals surface area contributed by atoms with Crippen LogP contribution in [0.4, 0.5) is 5.69 Å². The van der Waals surface area contributed by atoms with Gasteiger partial charge in [0.15, 0.2) is 0 Å². The van der Waals surface area contributed by atoms with Crippen LogP contribution in [0.5, 0.6) is 0 Å². The Morgan fingerprint density at radius 3 is 2.65 bits per heavy atom. The highest BCUT2D eigenvalue weighted by Gasteiger charge is 2.12. The number of carbonyl (C=O) groups excluding carboxylic acids is 1. The summed E-state index contributed by atoms with van der Waals surface area (Å²) in [4.78, 5) is 11.7. The van der Waals surface area contributed by atoms with Crippen molar-refractivity contribution in [1.82, 2.24) is 14.6 Å². The molecule has 0 radical (unpaired) electrons. The van der Waals surface area contributed by atoms with E-state index in [-0.39, 0.29) is 18.2 Å². The number of amides is 1. The van der Waals surface area contributed by atoms with Gasteiger partial charge in [-0.05, 0) is 13.1 Å². The molecule has 0 aliphatic rings. The molecule has 1 aromatic rings. The van der Waals surface area contributed by atoms with Gasteiger partial charge < -0.3 is 15.6 Å². The van der Waals surface area contributed by atoms with Gasteiger partial charge in [0.25, 0.3) is 5.91 Å². The number of carbonyl (C=O) groups is 1. The summed E-state index contributed by atoms with van der Waals surface area (Å²) in [6, 6.07) is 1.53. The fourth-order valence-electron chi connectivity index (χ4n) is 1.31. The molecule has 0 bridgehead atoms. The molecule has 8 heteroatoms. The van der Waals surface area contributed by atoms with Gasteiger partial charge in [-0.15, -0.1) is 0 Å². The molecule has 17 heavy (non-hydrogen) atoms. The maximum absolute atomic E-state index is 11.7. The minimum Gasteiger partial charge on any atom is -0.397 e. The van der Waals surface area contributed by atoms with E-state index in [0.29, 0.717) is 11.4 Å². The van der Waals surface area contributed by atoms with Crippen LogP contribution in [0.2, 0.25) is 0 Å². The number of rotatable bonds is 5. The van der Waals surface area contributed by atoms with Crippen LogP contribution >= 0.6 is 0 Å². The summed E-state index contributed by atoms with van der Waals surface area (Å²) in [5, 5.41) is 2.51. The summed E-state index contributed by atoms with van der Waals surface area (Å²) in [6.07, 6.45) is 1.61. The molecule has 0 unspecified atom stereocenters. The Morgan fingerprint density at radius 2 is 2.18 bits per heavy atom. The monoisotopic (exact) mass is 260 g/mol. The summed E-state index contributed by atoms with van der Waals surface area (Å²) < 4.78 is 25.9. The van der Waals surface area contributed by atoms with Gasteiger partial charge in [-0.25, -0.2) is 13.1 Å². The summed E-state index contributed by atoms with van der Waals surface area (Å²) in [5.74, 6) is -0.509. The smallest absolute Gasteiger partial charge is 0.268 e. The predicted molar refractivity (Wildman–Crippen MR) is 65.0 cm³/mol. The van der Waals surface area contributed by atoms with E-state index in [1.807, 2.05) is 0 Å². The lowest BCUT2D eigenvalue weighted by Gasteiger charge is -2.06. The van der Waals surface area contributed by atoms with Crippen LogP contribution < -0.4 is 15.8 Å². The van der Waals surface area contributed by atoms with Crippen molar-refractivity contribution in [3.8, 4) is 0 Å². The third-order valence-electron chi connectivity index (χ3n) is 2.23. The predicted octanol–water partition coefficient (Wildman–Crippen LogP) is -1.11. The lowest BCUT2D eigenvalue weighted by molar-refractivity contribution is 0.0948. The number of nitrogens with zero attached hydrogens (tertiary/aromatic N) is 1. The first-order chi connectivity index (χ1) is 7.85. The third kappa shape index (κ3) is 3.75. The molecule has 0 aromatic carbocycles. The molecule has 7 nitrogen and oxygen atoms in total. The van der Waals surface area contributed by atoms with Gasteiger partial charge in [-0.2, -0.15) is 0 Å². The van der Waals surface area contributed by atoms with Crippen LogP contribution in [0, 0.1) is 0 Å². The number of aromatic nitrogens is 1. The zero-order chi connectivity index (χ0) is 13.1. The SMILES string of the molecule is CNS(=O)(=O)CCNC(=O)c1cc(N)cn1C. The topological polar surface area (TPSA) is 106 Å². The number of nitrogen functional groups attached to an aromatic ring is 1. The third-order valence-corrected chi connectivity index (χ3v) is 3.59. The van der Waals surface area contributed by atoms with Crippen molar-refractivity contribution in [1.29, 1.82) is 0 Å². The zero-order valence-electron chi connectivity index (χ0n) is 9.73. The normalized spacial score (nSPS) is 11.4. The highest BCUT2D eigenvalue weighted by atomic mass is 32.2. The Bertz CT molecular complexity index is 506. The van der Waals surface area contributed by atoms with Crippen LogP contribution in [0.3, 0.4) is 0 Å². The first-order valence-electron chi connectivity index (χ1n) is 4.97. The number of aryl methyl sites for hydroxylation is 1. The lowest BCUT2D eigenvalue weighted by atomic mass is 10.4. The highest BCUT2D eigenvalue weighted by molar-refractivity contribution is 7.89. The Labute approximate surface area is 100 Å². The quantitative estimate of drug-likeness (QED) is 0.624. The molecule has 4 N–H and O–H groups in total. The molecule has 0 aliphatic carbocycles. The van der Waals surface area contributed by atoms with Crippen LogP contribution in [0.25, 0.3) is 0 Å². The van der Waals surface area contributed by atoms with Crippen molar-refractivity contribution in [2.75, 3.05) is 25.1 Å². The molecule has 0 saturated heterocycles. The number of hydrogen-bond acceptors (Lipinski definition) is 4. The zero-order valence-corrected chi connectivity index (χ0v) is 10.5. The number of nitrogens with one attached hydrogen (secondary N) is 2. The summed E-state index contributed by atoms with van der Waals surface area (Å²) >= 11 is 0. The van der Waals surface area contributed by atoms with E-state index in [9.17, 15) is 13.2 Å². The molecule has 1 heterocycles. The van der Waals surface area contributed by atoms with Crippen molar-refractivity contribution in [3.05, 3.63) is 18.0 Å². The van der Waals surface area contributed by atoms with Crippen LogP contribution in [-0.2, 0) is 17.1 Å². The molecule has 0 aliphatic heterocycles. The van der Waals surface area contributed by atoms with E-state index in [2.05, 4.69) is 10.0 Å². The van der Waals surface area contributed by atoms with Gasteiger partial charge in [0.1, 0.15) is 5.69 Å². The van der Waals surface area contributed by atoms with Gasteiger partial charge in [-0.3, -0.25) is 4.79 Å². The molecule has 0 spiro atoms. The second kappa shape index (κ2) is 5.19. The fraction of sp³-hybridized carbons (Fsp3) is 0.444. The minimum absolute atomic E-state index is 0.0487. The van der Waals surface area contributed by atoms with Crippen LogP contribution in [-0.4, -0.2) is 38.2 Å². The van der Waals surface area contributed by atoms with Crippen molar-refractivity contribution in [2.24, 2.45) is 7.05 Å². The molecule has 0 saturated carbocycles. The first kappa shape index (κ1) is 13.5. The molecule has 1 rings (SSSR count). The Balaban J connectivity index is 2.54. The van der Waals surface area contributed by atoms with Crippen LogP contribution in [0.15, 0.2) is 12.3 Å². The van der Waals surface area contributed by atoms with Gasteiger partial charge in [-0.1, -0.05) is 0 Å². The maximum Gasteiger partial charge on any atom is 0.268 e. The molecule has 0 atom stereocenters. The van der Waals surface area contributed by atoms with E-state index >= 15 is 0 Å². The number of anilines is 1. The van der Waals surface area contributed by atoms with E-state index in [1.54, 1.807) is 17.8 Å². The minimum atomic E-state index is -3.30. The first-order valence-corrected chi connectivity index (χ1v) is 6.62. The number of hydrogen-bond donors (Lipinski definition) is 3. The molecule has 1 amide bonds. The summed E-state index contributed by atoms with van der Waals surface area (Å²) in [7, 11) is -0.280. The van der Waals surface area contributed by atoms with Crippen LogP contribution in [0.1, 0.15) is 10.5 Å². The van der Waals surface area contributed by atoms with Crippen molar-refractivity contribution < 1.29 is 13.2 Å².